The Balaban J connectivity index is 1.47. The first-order valence-electron chi connectivity index (χ1n) is 10.6. The van der Waals surface area contributed by atoms with Crippen molar-refractivity contribution < 1.29 is 9.59 Å². The van der Waals surface area contributed by atoms with Gasteiger partial charge in [-0.05, 0) is 43.0 Å². The maximum absolute atomic E-state index is 13.0. The van der Waals surface area contributed by atoms with Crippen molar-refractivity contribution in [3.8, 4) is 11.3 Å². The Hall–Kier alpha value is -3.08. The molecule has 3 aromatic rings. The third-order valence-electron chi connectivity index (χ3n) is 5.67. The molecule has 2 aromatic heterocycles. The monoisotopic (exact) mass is 401 g/mol. The van der Waals surface area contributed by atoms with Gasteiger partial charge in [0.05, 0.1) is 16.8 Å². The standard InChI is InChI=1S/C25H27N3O2/c1-17(2)12-24(29)20-7-5-11-28(16-20)25(30)19-9-10-23(26-14-19)21-13-18-6-3-4-8-22(18)27-15-21/h3-4,6,8-10,13-15,17,20H,5,7,11-12,16H2,1-2H3. The number of nitrogens with zero attached hydrogens (tertiary/aromatic N) is 3. The predicted molar refractivity (Wildman–Crippen MR) is 118 cm³/mol. The van der Waals surface area contributed by atoms with Crippen LogP contribution in [0.5, 0.6) is 0 Å². The highest BCUT2D eigenvalue weighted by molar-refractivity contribution is 5.95. The molecule has 1 fully saturated rings. The van der Waals surface area contributed by atoms with Crippen molar-refractivity contribution in [3.63, 3.8) is 0 Å². The summed E-state index contributed by atoms with van der Waals surface area (Å²) in [7, 11) is 0. The van der Waals surface area contributed by atoms with E-state index >= 15 is 0 Å². The average molecular weight is 402 g/mol. The maximum atomic E-state index is 13.0. The zero-order valence-corrected chi connectivity index (χ0v) is 17.5. The highest BCUT2D eigenvalue weighted by atomic mass is 16.2. The van der Waals surface area contributed by atoms with Gasteiger partial charge in [0.1, 0.15) is 5.78 Å². The number of piperidine rings is 1. The number of amides is 1. The number of rotatable bonds is 5. The first-order valence-corrected chi connectivity index (χ1v) is 10.6. The Morgan fingerprint density at radius 2 is 1.93 bits per heavy atom. The quantitative estimate of drug-likeness (QED) is 0.618. The number of hydrogen-bond donors (Lipinski definition) is 0. The van der Waals surface area contributed by atoms with E-state index in [1.165, 1.54) is 0 Å². The van der Waals surface area contributed by atoms with Crippen LogP contribution in [0.1, 0.15) is 43.5 Å². The Morgan fingerprint density at radius 1 is 1.10 bits per heavy atom. The van der Waals surface area contributed by atoms with Crippen LogP contribution in [-0.4, -0.2) is 39.6 Å². The van der Waals surface area contributed by atoms with Crippen molar-refractivity contribution in [2.75, 3.05) is 13.1 Å². The van der Waals surface area contributed by atoms with E-state index in [1.54, 1.807) is 11.1 Å². The van der Waals surface area contributed by atoms with Gasteiger partial charge in [-0.15, -0.1) is 0 Å². The average Bonchev–Trinajstić information content (AvgIpc) is 2.78. The molecule has 0 spiro atoms. The summed E-state index contributed by atoms with van der Waals surface area (Å²) >= 11 is 0. The summed E-state index contributed by atoms with van der Waals surface area (Å²) in [5.74, 6) is 0.540. The number of carbonyl (C=O) groups excluding carboxylic acids is 2. The molecular weight excluding hydrogens is 374 g/mol. The highest BCUT2D eigenvalue weighted by Gasteiger charge is 2.29. The fourth-order valence-corrected chi connectivity index (χ4v) is 4.08. The van der Waals surface area contributed by atoms with Crippen molar-refractivity contribution in [1.29, 1.82) is 0 Å². The zero-order valence-electron chi connectivity index (χ0n) is 17.5. The Morgan fingerprint density at radius 3 is 2.70 bits per heavy atom. The smallest absolute Gasteiger partial charge is 0.255 e. The van der Waals surface area contributed by atoms with Gasteiger partial charge in [-0.2, -0.15) is 0 Å². The number of hydrogen-bond acceptors (Lipinski definition) is 4. The summed E-state index contributed by atoms with van der Waals surface area (Å²) in [5.41, 5.74) is 3.21. The summed E-state index contributed by atoms with van der Waals surface area (Å²) in [4.78, 5) is 36.2. The molecule has 0 aliphatic carbocycles. The maximum Gasteiger partial charge on any atom is 0.255 e. The van der Waals surface area contributed by atoms with Gasteiger partial charge in [0.15, 0.2) is 0 Å². The van der Waals surface area contributed by atoms with Crippen LogP contribution in [-0.2, 0) is 4.79 Å². The number of likely N-dealkylation sites (tertiary alicyclic amines) is 1. The van der Waals surface area contributed by atoms with Crippen molar-refractivity contribution >= 4 is 22.6 Å². The molecule has 0 N–H and O–H groups in total. The molecule has 5 heteroatoms. The lowest BCUT2D eigenvalue weighted by molar-refractivity contribution is -0.124. The van der Waals surface area contributed by atoms with Gasteiger partial charge in [0.25, 0.3) is 5.91 Å². The van der Waals surface area contributed by atoms with Crippen LogP contribution in [0, 0.1) is 11.8 Å². The summed E-state index contributed by atoms with van der Waals surface area (Å²) in [6.45, 7) is 5.32. The summed E-state index contributed by atoms with van der Waals surface area (Å²) < 4.78 is 0. The van der Waals surface area contributed by atoms with Gasteiger partial charge in [0.2, 0.25) is 0 Å². The molecule has 0 saturated carbocycles. The fourth-order valence-electron chi connectivity index (χ4n) is 4.08. The van der Waals surface area contributed by atoms with Gasteiger partial charge >= 0.3 is 0 Å². The molecule has 1 aromatic carbocycles. The van der Waals surface area contributed by atoms with Crippen LogP contribution in [0.2, 0.25) is 0 Å². The Bertz CT molecular complexity index is 1060. The van der Waals surface area contributed by atoms with Gasteiger partial charge in [-0.3, -0.25) is 19.6 Å². The SMILES string of the molecule is CC(C)CC(=O)C1CCCN(C(=O)c2ccc(-c3cnc4ccccc4c3)nc2)C1. The van der Waals surface area contributed by atoms with E-state index in [9.17, 15) is 9.59 Å². The summed E-state index contributed by atoms with van der Waals surface area (Å²) in [6.07, 6.45) is 5.77. The van der Waals surface area contributed by atoms with Crippen molar-refractivity contribution in [3.05, 3.63) is 60.4 Å². The number of pyridine rings is 2. The van der Waals surface area contributed by atoms with Gasteiger partial charge in [-0.25, -0.2) is 0 Å². The Labute approximate surface area is 177 Å². The first kappa shape index (κ1) is 20.2. The normalized spacial score (nSPS) is 16.8. The second kappa shape index (κ2) is 8.74. The molecule has 30 heavy (non-hydrogen) atoms. The van der Waals surface area contributed by atoms with E-state index in [4.69, 9.17) is 0 Å². The number of ketones is 1. The molecule has 1 saturated heterocycles. The molecule has 1 aliphatic rings. The fraction of sp³-hybridized carbons (Fsp3) is 0.360. The molecule has 1 aliphatic heterocycles. The van der Waals surface area contributed by atoms with E-state index in [0.29, 0.717) is 31.0 Å². The van der Waals surface area contributed by atoms with Crippen LogP contribution < -0.4 is 0 Å². The molecule has 1 amide bonds. The number of fused-ring (bicyclic) bond motifs is 1. The van der Waals surface area contributed by atoms with Crippen LogP contribution in [0.4, 0.5) is 0 Å². The molecule has 0 radical (unpaired) electrons. The van der Waals surface area contributed by atoms with E-state index in [1.807, 2.05) is 42.6 Å². The second-order valence-corrected chi connectivity index (χ2v) is 8.50. The summed E-state index contributed by atoms with van der Waals surface area (Å²) in [5, 5.41) is 1.06. The lowest BCUT2D eigenvalue weighted by Crippen LogP contribution is -2.42. The molecule has 5 nitrogen and oxygen atoms in total. The van der Waals surface area contributed by atoms with Gasteiger partial charge in [0, 0.05) is 48.8 Å². The minimum absolute atomic E-state index is 0.0407. The third kappa shape index (κ3) is 4.40. The van der Waals surface area contributed by atoms with Crippen molar-refractivity contribution in [2.24, 2.45) is 11.8 Å². The first-order chi connectivity index (χ1) is 14.5. The van der Waals surface area contributed by atoms with Crippen LogP contribution >= 0.6 is 0 Å². The zero-order chi connectivity index (χ0) is 21.1. The number of para-hydroxylation sites is 1. The van der Waals surface area contributed by atoms with E-state index in [0.717, 1.165) is 35.0 Å². The van der Waals surface area contributed by atoms with Crippen molar-refractivity contribution in [1.82, 2.24) is 14.9 Å². The predicted octanol–water partition coefficient (Wildman–Crippen LogP) is 4.76. The van der Waals surface area contributed by atoms with Crippen molar-refractivity contribution in [2.45, 2.75) is 33.1 Å². The third-order valence-corrected chi connectivity index (χ3v) is 5.67. The second-order valence-electron chi connectivity index (χ2n) is 8.50. The largest absolute Gasteiger partial charge is 0.338 e. The molecule has 1 unspecified atom stereocenters. The number of benzene rings is 1. The molecule has 154 valence electrons. The highest BCUT2D eigenvalue weighted by Crippen LogP contribution is 2.24. The number of aromatic nitrogens is 2. The van der Waals surface area contributed by atoms with Crippen LogP contribution in [0.15, 0.2) is 54.9 Å². The summed E-state index contributed by atoms with van der Waals surface area (Å²) in [6, 6.07) is 13.7. The van der Waals surface area contributed by atoms with Gasteiger partial charge < -0.3 is 4.90 Å². The van der Waals surface area contributed by atoms with E-state index < -0.39 is 0 Å². The minimum Gasteiger partial charge on any atom is -0.338 e. The van der Waals surface area contributed by atoms with E-state index in [-0.39, 0.29) is 17.6 Å². The van der Waals surface area contributed by atoms with E-state index in [2.05, 4.69) is 29.9 Å². The van der Waals surface area contributed by atoms with Crippen LogP contribution in [0.3, 0.4) is 0 Å². The van der Waals surface area contributed by atoms with Gasteiger partial charge in [-0.1, -0.05) is 32.0 Å². The molecular formula is C25H27N3O2. The molecule has 4 rings (SSSR count). The Kier molecular flexibility index (Phi) is 5.88. The number of Topliss-reactive ketones (excluding diaryl/α,β-unsaturated/α-hetero) is 1. The molecule has 0 bridgehead atoms. The molecule has 1 atom stereocenters. The topological polar surface area (TPSA) is 63.2 Å². The lowest BCUT2D eigenvalue weighted by Gasteiger charge is -2.32. The minimum atomic E-state index is -0.0484. The lowest BCUT2D eigenvalue weighted by atomic mass is 9.89. The molecule has 3 heterocycles. The van der Waals surface area contributed by atoms with Crippen LogP contribution in [0.25, 0.3) is 22.2 Å². The number of carbonyl (C=O) groups is 2.